The lowest BCUT2D eigenvalue weighted by atomic mass is 9.92. The van der Waals surface area contributed by atoms with Crippen LogP contribution in [0, 0.1) is 5.53 Å². The summed E-state index contributed by atoms with van der Waals surface area (Å²) in [6.45, 7) is 1.96. The lowest BCUT2D eigenvalue weighted by Crippen LogP contribution is -2.45. The summed E-state index contributed by atoms with van der Waals surface area (Å²) in [7, 11) is 0. The highest BCUT2D eigenvalue weighted by atomic mass is 16.3. The van der Waals surface area contributed by atoms with Crippen molar-refractivity contribution >= 4 is 5.78 Å². The Morgan fingerprint density at radius 3 is 2.36 bits per heavy atom. The maximum absolute atomic E-state index is 10.8. The highest BCUT2D eigenvalue weighted by molar-refractivity contribution is 5.86. The first kappa shape index (κ1) is 10.2. The molecule has 0 bridgehead atoms. The number of ketones is 1. The lowest BCUT2D eigenvalue weighted by molar-refractivity contribution is -0.126. The van der Waals surface area contributed by atoms with Crippen LogP contribution in [0.5, 0.6) is 0 Å². The number of carbonyl (C=O) groups excluding carboxylic acids is 1. The van der Waals surface area contributed by atoms with Crippen molar-refractivity contribution in [2.45, 2.75) is 25.5 Å². The van der Waals surface area contributed by atoms with Crippen LogP contribution in [-0.4, -0.2) is 34.2 Å². The van der Waals surface area contributed by atoms with E-state index in [4.69, 9.17) is 15.7 Å². The molecule has 0 heterocycles. The molecule has 0 rings (SSSR count). The average Bonchev–Trinajstić information content (AvgIpc) is 2.01. The number of carbonyl (C=O) groups is 1. The highest BCUT2D eigenvalue weighted by Gasteiger charge is 2.37. The Kier molecular flexibility index (Phi) is 3.28. The lowest BCUT2D eigenvalue weighted by Gasteiger charge is -2.24. The van der Waals surface area contributed by atoms with E-state index < -0.39 is 24.0 Å². The molecule has 0 aromatic carbocycles. The number of hydrogen-bond donors (Lipinski definition) is 3. The molecule has 0 saturated carbocycles. The first-order chi connectivity index (χ1) is 4.99. The quantitative estimate of drug-likeness (QED) is 0.493. The fourth-order valence-electron chi connectivity index (χ4n) is 0.566. The van der Waals surface area contributed by atoms with Crippen molar-refractivity contribution in [3.05, 3.63) is 0 Å². The van der Waals surface area contributed by atoms with E-state index in [-0.39, 0.29) is 0 Å². The summed E-state index contributed by atoms with van der Waals surface area (Å²) in [6, 6.07) is 0. The minimum absolute atomic E-state index is 0.436. The molecule has 0 aliphatic carbocycles. The van der Waals surface area contributed by atoms with E-state index in [9.17, 15) is 4.79 Å². The van der Waals surface area contributed by atoms with E-state index >= 15 is 0 Å². The van der Waals surface area contributed by atoms with E-state index in [1.165, 1.54) is 13.8 Å². The number of nitrogens with one attached hydrogen (secondary N) is 1. The van der Waals surface area contributed by atoms with Gasteiger partial charge in [-0.25, -0.2) is 5.53 Å². The number of nitrogens with zero attached hydrogens (tertiary/aromatic N) is 1. The Balaban J connectivity index is 4.58. The molecule has 0 spiro atoms. The molecule has 5 nitrogen and oxygen atoms in total. The van der Waals surface area contributed by atoms with Crippen LogP contribution in [0.4, 0.5) is 0 Å². The molecule has 11 heavy (non-hydrogen) atoms. The molecule has 0 aromatic rings. The van der Waals surface area contributed by atoms with Crippen molar-refractivity contribution in [1.82, 2.24) is 0 Å². The Labute approximate surface area is 64.6 Å². The summed E-state index contributed by atoms with van der Waals surface area (Å²) in [5.74, 6) is -0.436. The molecule has 5 heteroatoms. The van der Waals surface area contributed by atoms with Crippen LogP contribution in [0.15, 0.2) is 5.11 Å². The van der Waals surface area contributed by atoms with Crippen LogP contribution in [0.25, 0.3) is 0 Å². The largest absolute Gasteiger partial charge is 0.394 e. The van der Waals surface area contributed by atoms with Gasteiger partial charge in [0.2, 0.25) is 0 Å². The number of Topliss-reactive ketones (excluding diaryl/α,β-unsaturated/α-hetero) is 1. The fraction of sp³-hybridized carbons (Fsp3) is 0.833. The van der Waals surface area contributed by atoms with Crippen molar-refractivity contribution in [3.8, 4) is 0 Å². The Morgan fingerprint density at radius 2 is 2.27 bits per heavy atom. The van der Waals surface area contributed by atoms with E-state index in [0.717, 1.165) is 0 Å². The van der Waals surface area contributed by atoms with Crippen molar-refractivity contribution in [1.29, 1.82) is 5.53 Å². The van der Waals surface area contributed by atoms with E-state index in [0.29, 0.717) is 0 Å². The van der Waals surface area contributed by atoms with Gasteiger partial charge in [0, 0.05) is 0 Å². The number of aliphatic hydroxyl groups excluding tert-OH is 2. The molecular weight excluding hydrogens is 148 g/mol. The van der Waals surface area contributed by atoms with Crippen LogP contribution in [0.3, 0.4) is 0 Å². The maximum Gasteiger partial charge on any atom is 0.164 e. The van der Waals surface area contributed by atoms with Gasteiger partial charge in [0.1, 0.15) is 6.10 Å². The maximum atomic E-state index is 10.8. The molecule has 0 saturated heterocycles. The standard InChI is InChI=1S/C6H12N2O3/c1-4(10)6(2,8-7)5(11)3-9/h5,7,9,11H,3H2,1-2H3. The first-order valence-corrected chi connectivity index (χ1v) is 3.17. The van der Waals surface area contributed by atoms with Gasteiger partial charge in [-0.3, -0.25) is 4.79 Å². The van der Waals surface area contributed by atoms with Crippen LogP contribution in [0.1, 0.15) is 13.8 Å². The van der Waals surface area contributed by atoms with Crippen molar-refractivity contribution in [3.63, 3.8) is 0 Å². The van der Waals surface area contributed by atoms with Crippen LogP contribution >= 0.6 is 0 Å². The van der Waals surface area contributed by atoms with Gasteiger partial charge in [-0.05, 0) is 13.8 Å². The minimum Gasteiger partial charge on any atom is -0.394 e. The smallest absolute Gasteiger partial charge is 0.164 e. The average molecular weight is 160 g/mol. The normalized spacial score (nSPS) is 18.5. The second-order valence-corrected chi connectivity index (χ2v) is 2.51. The molecular formula is C6H12N2O3. The highest BCUT2D eigenvalue weighted by Crippen LogP contribution is 2.16. The Morgan fingerprint density at radius 1 is 1.82 bits per heavy atom. The molecule has 2 unspecified atom stereocenters. The van der Waals surface area contributed by atoms with E-state index in [1.807, 2.05) is 0 Å². The zero-order valence-electron chi connectivity index (χ0n) is 6.53. The molecule has 0 fully saturated rings. The zero-order valence-corrected chi connectivity index (χ0v) is 6.53. The van der Waals surface area contributed by atoms with Gasteiger partial charge < -0.3 is 10.2 Å². The molecule has 0 aliphatic rings. The molecule has 2 atom stereocenters. The van der Waals surface area contributed by atoms with Crippen LogP contribution in [0.2, 0.25) is 0 Å². The molecule has 0 radical (unpaired) electrons. The zero-order chi connectivity index (χ0) is 9.07. The van der Waals surface area contributed by atoms with Gasteiger partial charge in [0.15, 0.2) is 11.3 Å². The summed E-state index contributed by atoms with van der Waals surface area (Å²) >= 11 is 0. The second kappa shape index (κ2) is 3.54. The summed E-state index contributed by atoms with van der Waals surface area (Å²) in [5.41, 5.74) is 5.16. The fourth-order valence-corrected chi connectivity index (χ4v) is 0.566. The SMILES string of the molecule is CC(=O)C(C)(N=N)C(O)CO. The predicted octanol–water partition coefficient (Wildman–Crippen LogP) is -0.282. The summed E-state index contributed by atoms with van der Waals surface area (Å²) in [4.78, 5) is 10.8. The summed E-state index contributed by atoms with van der Waals surface area (Å²) in [6.07, 6.45) is -1.29. The third-order valence-electron chi connectivity index (χ3n) is 1.77. The van der Waals surface area contributed by atoms with Crippen molar-refractivity contribution in [2.75, 3.05) is 6.61 Å². The van der Waals surface area contributed by atoms with Gasteiger partial charge in [0.25, 0.3) is 0 Å². The molecule has 64 valence electrons. The van der Waals surface area contributed by atoms with Gasteiger partial charge in [-0.15, -0.1) is 0 Å². The molecule has 3 N–H and O–H groups in total. The molecule has 0 amide bonds. The van der Waals surface area contributed by atoms with Gasteiger partial charge in [0.05, 0.1) is 6.61 Å². The topological polar surface area (TPSA) is 93.7 Å². The Hall–Kier alpha value is -0.810. The van der Waals surface area contributed by atoms with Crippen LogP contribution < -0.4 is 0 Å². The number of aliphatic hydroxyl groups is 2. The monoisotopic (exact) mass is 160 g/mol. The van der Waals surface area contributed by atoms with Crippen molar-refractivity contribution < 1.29 is 15.0 Å². The minimum atomic E-state index is -1.49. The number of hydrogen-bond acceptors (Lipinski definition) is 5. The molecule has 0 aromatic heterocycles. The van der Waals surface area contributed by atoms with Gasteiger partial charge >= 0.3 is 0 Å². The summed E-state index contributed by atoms with van der Waals surface area (Å²) < 4.78 is 0. The third kappa shape index (κ3) is 1.81. The van der Waals surface area contributed by atoms with Gasteiger partial charge in [-0.2, -0.15) is 5.11 Å². The predicted molar refractivity (Wildman–Crippen MR) is 37.3 cm³/mol. The summed E-state index contributed by atoms with van der Waals surface area (Å²) in [5, 5.41) is 20.5. The third-order valence-corrected chi connectivity index (χ3v) is 1.77. The molecule has 0 aliphatic heterocycles. The number of rotatable bonds is 4. The van der Waals surface area contributed by atoms with E-state index in [2.05, 4.69) is 5.11 Å². The van der Waals surface area contributed by atoms with Crippen molar-refractivity contribution in [2.24, 2.45) is 5.11 Å². The van der Waals surface area contributed by atoms with Gasteiger partial charge in [-0.1, -0.05) is 0 Å². The Bertz CT molecular complexity index is 171. The van der Waals surface area contributed by atoms with E-state index in [1.54, 1.807) is 0 Å². The van der Waals surface area contributed by atoms with Crippen LogP contribution in [-0.2, 0) is 4.79 Å². The second-order valence-electron chi connectivity index (χ2n) is 2.51. The first-order valence-electron chi connectivity index (χ1n) is 3.17.